The van der Waals surface area contributed by atoms with Gasteiger partial charge in [-0.1, -0.05) is 0 Å². The highest BCUT2D eigenvalue weighted by molar-refractivity contribution is 6.01. The van der Waals surface area contributed by atoms with Crippen LogP contribution in [0.4, 0.5) is 0 Å². The zero-order valence-corrected chi connectivity index (χ0v) is 6.07. The van der Waals surface area contributed by atoms with E-state index in [0.717, 1.165) is 0 Å². The van der Waals surface area contributed by atoms with E-state index in [0.29, 0.717) is 11.0 Å². The molecule has 1 N–H and O–H groups in total. The number of fused-ring (bicyclic) bond motifs is 1. The highest BCUT2D eigenvalue weighted by Crippen LogP contribution is 2.18. The zero-order valence-electron chi connectivity index (χ0n) is 6.07. The minimum Gasteiger partial charge on any atom is -0.478 e. The van der Waals surface area contributed by atoms with Gasteiger partial charge in [-0.2, -0.15) is 0 Å². The van der Waals surface area contributed by atoms with Gasteiger partial charge in [-0.15, -0.1) is 0 Å². The summed E-state index contributed by atoms with van der Waals surface area (Å²) in [5.41, 5.74) is 0.729. The van der Waals surface area contributed by atoms with Crippen molar-refractivity contribution in [2.24, 2.45) is 0 Å². The fraction of sp³-hybridized carbons (Fsp3) is 0. The zero-order chi connectivity index (χ0) is 8.55. The number of furan rings is 1. The molecule has 0 aliphatic carbocycles. The van der Waals surface area contributed by atoms with Gasteiger partial charge in [-0.25, -0.2) is 4.79 Å². The van der Waals surface area contributed by atoms with Crippen molar-refractivity contribution in [1.29, 1.82) is 0 Å². The molecule has 0 saturated heterocycles. The molecular formula is C9H5O3. The fourth-order valence-electron chi connectivity index (χ4n) is 1.11. The first kappa shape index (κ1) is 6.91. The van der Waals surface area contributed by atoms with E-state index in [2.05, 4.69) is 6.07 Å². The summed E-state index contributed by atoms with van der Waals surface area (Å²) in [7, 11) is 0. The van der Waals surface area contributed by atoms with Gasteiger partial charge in [0.05, 0.1) is 11.8 Å². The molecular weight excluding hydrogens is 156 g/mol. The monoisotopic (exact) mass is 161 g/mol. The average Bonchev–Trinajstić information content (AvgIpc) is 2.49. The first-order valence-electron chi connectivity index (χ1n) is 3.40. The Morgan fingerprint density at radius 2 is 2.33 bits per heavy atom. The van der Waals surface area contributed by atoms with Crippen molar-refractivity contribution in [2.75, 3.05) is 0 Å². The van der Waals surface area contributed by atoms with Crippen molar-refractivity contribution in [2.45, 2.75) is 0 Å². The Morgan fingerprint density at radius 1 is 1.50 bits per heavy atom. The number of hydrogen-bond acceptors (Lipinski definition) is 2. The number of benzene rings is 1. The maximum atomic E-state index is 10.6. The Balaban J connectivity index is 2.82. The molecule has 0 atom stereocenters. The molecule has 1 aromatic heterocycles. The average molecular weight is 161 g/mol. The van der Waals surface area contributed by atoms with E-state index >= 15 is 0 Å². The van der Waals surface area contributed by atoms with Crippen LogP contribution in [0.1, 0.15) is 10.4 Å². The third-order valence-corrected chi connectivity index (χ3v) is 1.64. The molecule has 3 heteroatoms. The van der Waals surface area contributed by atoms with Gasteiger partial charge >= 0.3 is 5.97 Å². The van der Waals surface area contributed by atoms with Crippen molar-refractivity contribution in [3.63, 3.8) is 0 Å². The summed E-state index contributed by atoms with van der Waals surface area (Å²) in [6, 6.07) is 7.48. The second kappa shape index (κ2) is 2.37. The molecule has 1 heterocycles. The Morgan fingerprint density at radius 3 is 3.08 bits per heavy atom. The van der Waals surface area contributed by atoms with Crippen molar-refractivity contribution in [3.8, 4) is 0 Å². The maximum Gasteiger partial charge on any atom is 0.337 e. The lowest BCUT2D eigenvalue weighted by Crippen LogP contribution is -1.95. The number of carboxylic acid groups (broad SMARTS) is 1. The largest absolute Gasteiger partial charge is 0.478 e. The predicted octanol–water partition coefficient (Wildman–Crippen LogP) is 1.93. The van der Waals surface area contributed by atoms with Crippen LogP contribution in [-0.2, 0) is 0 Å². The summed E-state index contributed by atoms with van der Waals surface area (Å²) in [4.78, 5) is 10.6. The summed E-state index contributed by atoms with van der Waals surface area (Å²) in [5, 5.41) is 9.32. The van der Waals surface area contributed by atoms with E-state index in [9.17, 15) is 4.79 Å². The van der Waals surface area contributed by atoms with E-state index in [4.69, 9.17) is 9.52 Å². The highest BCUT2D eigenvalue weighted by atomic mass is 16.4. The van der Waals surface area contributed by atoms with Gasteiger partial charge in [0.2, 0.25) is 0 Å². The van der Waals surface area contributed by atoms with Crippen molar-refractivity contribution < 1.29 is 14.3 Å². The molecule has 3 nitrogen and oxygen atoms in total. The number of carbonyl (C=O) groups is 1. The van der Waals surface area contributed by atoms with E-state index in [-0.39, 0.29) is 5.56 Å². The predicted molar refractivity (Wildman–Crippen MR) is 42.0 cm³/mol. The van der Waals surface area contributed by atoms with Crippen LogP contribution in [0.5, 0.6) is 0 Å². The van der Waals surface area contributed by atoms with E-state index < -0.39 is 5.97 Å². The molecule has 0 fully saturated rings. The second-order valence-corrected chi connectivity index (χ2v) is 2.36. The van der Waals surface area contributed by atoms with Gasteiger partial charge in [-0.05, 0) is 24.3 Å². The van der Waals surface area contributed by atoms with E-state index in [1.54, 1.807) is 12.1 Å². The SMILES string of the molecule is O=C(O)c1[c]ccc2occc12. The van der Waals surface area contributed by atoms with E-state index in [1.807, 2.05) is 0 Å². The van der Waals surface area contributed by atoms with Crippen LogP contribution in [0.2, 0.25) is 0 Å². The molecule has 2 aromatic rings. The molecule has 0 aliphatic rings. The van der Waals surface area contributed by atoms with Crippen LogP contribution in [0.25, 0.3) is 11.0 Å². The third-order valence-electron chi connectivity index (χ3n) is 1.64. The standard InChI is InChI=1S/C9H5O3/c10-9(11)7-2-1-3-8-6(7)4-5-12-8/h1,3-5H,(H,10,11). The number of carboxylic acids is 1. The summed E-state index contributed by atoms with van der Waals surface area (Å²) in [6.45, 7) is 0. The topological polar surface area (TPSA) is 50.4 Å². The summed E-state index contributed by atoms with van der Waals surface area (Å²) in [6.07, 6.45) is 1.46. The fourth-order valence-corrected chi connectivity index (χ4v) is 1.11. The normalized spacial score (nSPS) is 10.3. The Hall–Kier alpha value is -1.77. The van der Waals surface area contributed by atoms with Crippen LogP contribution >= 0.6 is 0 Å². The van der Waals surface area contributed by atoms with Gasteiger partial charge in [0, 0.05) is 5.39 Å². The molecule has 0 amide bonds. The Bertz CT molecular complexity index is 428. The van der Waals surface area contributed by atoms with Crippen molar-refractivity contribution in [1.82, 2.24) is 0 Å². The van der Waals surface area contributed by atoms with E-state index in [1.165, 1.54) is 12.3 Å². The molecule has 0 aliphatic heterocycles. The maximum absolute atomic E-state index is 10.6. The Labute approximate surface area is 68.2 Å². The summed E-state index contributed by atoms with van der Waals surface area (Å²) >= 11 is 0. The summed E-state index contributed by atoms with van der Waals surface area (Å²) < 4.78 is 5.03. The lowest BCUT2D eigenvalue weighted by atomic mass is 10.1. The smallest absolute Gasteiger partial charge is 0.337 e. The molecule has 0 spiro atoms. The molecule has 1 aromatic carbocycles. The molecule has 1 radical (unpaired) electrons. The van der Waals surface area contributed by atoms with Gasteiger partial charge in [0.1, 0.15) is 5.58 Å². The van der Waals surface area contributed by atoms with Crippen LogP contribution in [-0.4, -0.2) is 11.1 Å². The minimum atomic E-state index is -0.984. The van der Waals surface area contributed by atoms with Gasteiger partial charge < -0.3 is 9.52 Å². The van der Waals surface area contributed by atoms with Gasteiger partial charge in [-0.3, -0.25) is 0 Å². The minimum absolute atomic E-state index is 0.154. The number of hydrogen-bond donors (Lipinski definition) is 1. The van der Waals surface area contributed by atoms with Gasteiger partial charge in [0.15, 0.2) is 0 Å². The van der Waals surface area contributed by atoms with Gasteiger partial charge in [0.25, 0.3) is 0 Å². The Kier molecular flexibility index (Phi) is 1.37. The highest BCUT2D eigenvalue weighted by Gasteiger charge is 2.08. The summed E-state index contributed by atoms with van der Waals surface area (Å²) in [5.74, 6) is -0.984. The quantitative estimate of drug-likeness (QED) is 0.695. The van der Waals surface area contributed by atoms with Crippen LogP contribution in [0.3, 0.4) is 0 Å². The van der Waals surface area contributed by atoms with Crippen molar-refractivity contribution >= 4 is 16.9 Å². The molecule has 12 heavy (non-hydrogen) atoms. The second-order valence-electron chi connectivity index (χ2n) is 2.36. The molecule has 59 valence electrons. The van der Waals surface area contributed by atoms with Crippen LogP contribution in [0, 0.1) is 6.07 Å². The van der Waals surface area contributed by atoms with Crippen molar-refractivity contribution in [3.05, 3.63) is 36.1 Å². The first-order valence-corrected chi connectivity index (χ1v) is 3.40. The number of aromatic carboxylic acids is 1. The lowest BCUT2D eigenvalue weighted by molar-refractivity contribution is 0.0698. The van der Waals surface area contributed by atoms with Crippen LogP contribution < -0.4 is 0 Å². The third kappa shape index (κ3) is 0.871. The van der Waals surface area contributed by atoms with Crippen LogP contribution in [0.15, 0.2) is 28.9 Å². The molecule has 0 bridgehead atoms. The molecule has 0 saturated carbocycles. The first-order chi connectivity index (χ1) is 5.79. The lowest BCUT2D eigenvalue weighted by Gasteiger charge is -1.93. The number of rotatable bonds is 1. The molecule has 0 unspecified atom stereocenters. The molecule has 2 rings (SSSR count).